The van der Waals surface area contributed by atoms with Crippen LogP contribution < -0.4 is 16.4 Å². The summed E-state index contributed by atoms with van der Waals surface area (Å²) in [6.45, 7) is 3.96. The summed E-state index contributed by atoms with van der Waals surface area (Å²) < 4.78 is 6.00. The van der Waals surface area contributed by atoms with Crippen molar-refractivity contribution in [1.29, 1.82) is 0 Å². The van der Waals surface area contributed by atoms with Crippen molar-refractivity contribution >= 4 is 23.6 Å². The predicted octanol–water partition coefficient (Wildman–Crippen LogP) is 0.393. The number of ether oxygens (including phenoxy) is 1. The van der Waals surface area contributed by atoms with Crippen molar-refractivity contribution in [3.63, 3.8) is 0 Å². The van der Waals surface area contributed by atoms with Gasteiger partial charge in [0.1, 0.15) is 5.82 Å². The third-order valence-electron chi connectivity index (χ3n) is 5.01. The van der Waals surface area contributed by atoms with E-state index in [0.717, 1.165) is 19.3 Å². The number of nitrogens with one attached hydrogen (secondary N) is 2. The average molecular weight is 376 g/mol. The molecule has 2 fully saturated rings. The molecule has 148 valence electrons. The molecule has 0 bridgehead atoms. The van der Waals surface area contributed by atoms with Crippen LogP contribution in [0.15, 0.2) is 12.3 Å². The Labute approximate surface area is 159 Å². The molecule has 9 nitrogen and oxygen atoms in total. The Balaban J connectivity index is 1.68. The molecule has 1 saturated heterocycles. The zero-order valence-corrected chi connectivity index (χ0v) is 15.7. The van der Waals surface area contributed by atoms with Gasteiger partial charge in [-0.3, -0.25) is 9.59 Å². The van der Waals surface area contributed by atoms with Crippen molar-refractivity contribution in [2.45, 2.75) is 44.8 Å². The maximum absolute atomic E-state index is 12.9. The minimum absolute atomic E-state index is 0.0105. The van der Waals surface area contributed by atoms with Crippen molar-refractivity contribution in [2.24, 2.45) is 5.92 Å². The van der Waals surface area contributed by atoms with Gasteiger partial charge in [0.15, 0.2) is 0 Å². The summed E-state index contributed by atoms with van der Waals surface area (Å²) in [6.07, 6.45) is 4.66. The summed E-state index contributed by atoms with van der Waals surface area (Å²) in [5.74, 6) is 0.629. The minimum Gasteiger partial charge on any atom is -0.384 e. The second kappa shape index (κ2) is 8.98. The second-order valence-electron chi connectivity index (χ2n) is 7.08. The summed E-state index contributed by atoms with van der Waals surface area (Å²) in [7, 11) is 0. The molecule has 0 aromatic carbocycles. The monoisotopic (exact) mass is 376 g/mol. The van der Waals surface area contributed by atoms with E-state index in [0.29, 0.717) is 37.9 Å². The molecule has 2 aliphatic rings. The summed E-state index contributed by atoms with van der Waals surface area (Å²) >= 11 is 0. The Bertz CT molecular complexity index is 670. The Morgan fingerprint density at radius 3 is 3.07 bits per heavy atom. The maximum atomic E-state index is 12.9. The molecule has 1 aromatic heterocycles. The highest BCUT2D eigenvalue weighted by atomic mass is 16.5. The van der Waals surface area contributed by atoms with Gasteiger partial charge in [0, 0.05) is 31.8 Å². The van der Waals surface area contributed by atoms with E-state index >= 15 is 0 Å². The van der Waals surface area contributed by atoms with Crippen molar-refractivity contribution in [2.75, 3.05) is 37.3 Å². The predicted molar refractivity (Wildman–Crippen MR) is 101 cm³/mol. The van der Waals surface area contributed by atoms with Crippen LogP contribution in [0.3, 0.4) is 0 Å². The lowest BCUT2D eigenvalue weighted by Crippen LogP contribution is -2.53. The van der Waals surface area contributed by atoms with E-state index in [1.54, 1.807) is 17.2 Å². The highest BCUT2D eigenvalue weighted by Gasteiger charge is 2.37. The van der Waals surface area contributed by atoms with Crippen molar-refractivity contribution < 1.29 is 14.3 Å². The topological polar surface area (TPSA) is 122 Å². The number of amides is 2. The largest absolute Gasteiger partial charge is 0.384 e. The van der Waals surface area contributed by atoms with E-state index in [1.807, 2.05) is 0 Å². The van der Waals surface area contributed by atoms with Gasteiger partial charge in [-0.2, -0.15) is 4.98 Å². The smallest absolute Gasteiger partial charge is 0.239 e. The summed E-state index contributed by atoms with van der Waals surface area (Å²) in [5, 5.41) is 6.05. The number of carbonyl (C=O) groups is 2. The van der Waals surface area contributed by atoms with E-state index in [4.69, 9.17) is 10.5 Å². The fraction of sp³-hybridized carbons (Fsp3) is 0.667. The number of carbonyl (C=O) groups excluding carboxylic acids is 2. The maximum Gasteiger partial charge on any atom is 0.239 e. The highest BCUT2D eigenvalue weighted by Crippen LogP contribution is 2.30. The molecule has 1 saturated carbocycles. The lowest BCUT2D eigenvalue weighted by atomic mass is 9.82. The molecule has 3 rings (SSSR count). The molecular formula is C18H28N6O3. The number of anilines is 2. The molecule has 9 heteroatoms. The standard InChI is InChI=1S/C18H28N6O3/c1-2-9-27-14-4-3-12(17(26)24-8-7-20-16(25)11-24)10-13(14)22-18-21-6-5-15(19)23-18/h5-6,12-14H,2-4,7-11H2,1H3,(H,20,25)(H3,19,21,22,23)/t12-,13+,14+/m0/s1. The van der Waals surface area contributed by atoms with Crippen LogP contribution in [0.4, 0.5) is 11.8 Å². The van der Waals surface area contributed by atoms with Gasteiger partial charge in [0.25, 0.3) is 0 Å². The number of nitrogen functional groups attached to an aromatic ring is 1. The third kappa shape index (κ3) is 5.06. The van der Waals surface area contributed by atoms with Crippen LogP contribution >= 0.6 is 0 Å². The highest BCUT2D eigenvalue weighted by molar-refractivity contribution is 5.87. The third-order valence-corrected chi connectivity index (χ3v) is 5.01. The van der Waals surface area contributed by atoms with E-state index in [1.165, 1.54) is 0 Å². The quantitative estimate of drug-likeness (QED) is 0.656. The van der Waals surface area contributed by atoms with Gasteiger partial charge >= 0.3 is 0 Å². The van der Waals surface area contributed by atoms with Gasteiger partial charge in [-0.1, -0.05) is 6.92 Å². The zero-order chi connectivity index (χ0) is 19.2. The molecule has 3 atom stereocenters. The van der Waals surface area contributed by atoms with Crippen LogP contribution in [0, 0.1) is 5.92 Å². The Morgan fingerprint density at radius 1 is 1.48 bits per heavy atom. The van der Waals surface area contributed by atoms with Crippen LogP contribution in [0.1, 0.15) is 32.6 Å². The first-order valence-corrected chi connectivity index (χ1v) is 9.59. The first kappa shape index (κ1) is 19.3. The van der Waals surface area contributed by atoms with E-state index in [2.05, 4.69) is 27.5 Å². The van der Waals surface area contributed by atoms with Gasteiger partial charge < -0.3 is 26.0 Å². The number of hydrogen-bond donors (Lipinski definition) is 3. The number of rotatable bonds is 6. The molecule has 2 heterocycles. The number of nitrogens with two attached hydrogens (primary N) is 1. The molecule has 0 radical (unpaired) electrons. The SMILES string of the molecule is CCCO[C@@H]1CC[C@H](C(=O)N2CCNC(=O)C2)C[C@H]1Nc1nccc(N)n1. The molecule has 4 N–H and O–H groups in total. The molecule has 1 aliphatic carbocycles. The van der Waals surface area contributed by atoms with Gasteiger partial charge in [-0.25, -0.2) is 4.98 Å². The Morgan fingerprint density at radius 2 is 2.33 bits per heavy atom. The average Bonchev–Trinajstić information content (AvgIpc) is 2.66. The molecule has 1 aliphatic heterocycles. The van der Waals surface area contributed by atoms with Crippen molar-refractivity contribution in [3.8, 4) is 0 Å². The molecule has 27 heavy (non-hydrogen) atoms. The molecule has 1 aromatic rings. The molecular weight excluding hydrogens is 348 g/mol. The fourth-order valence-electron chi connectivity index (χ4n) is 3.68. The van der Waals surface area contributed by atoms with Crippen molar-refractivity contribution in [1.82, 2.24) is 20.2 Å². The van der Waals surface area contributed by atoms with Gasteiger partial charge in [-0.05, 0) is 31.7 Å². The Kier molecular flexibility index (Phi) is 6.44. The minimum atomic E-state index is -0.143. The van der Waals surface area contributed by atoms with E-state index in [9.17, 15) is 9.59 Å². The number of hydrogen-bond acceptors (Lipinski definition) is 7. The van der Waals surface area contributed by atoms with Gasteiger partial charge in [0.2, 0.25) is 17.8 Å². The van der Waals surface area contributed by atoms with Crippen LogP contribution in [-0.2, 0) is 14.3 Å². The van der Waals surface area contributed by atoms with Crippen molar-refractivity contribution in [3.05, 3.63) is 12.3 Å². The van der Waals surface area contributed by atoms with Crippen LogP contribution in [0.2, 0.25) is 0 Å². The first-order valence-electron chi connectivity index (χ1n) is 9.59. The normalized spacial score (nSPS) is 25.7. The molecule has 2 amide bonds. The number of aromatic nitrogens is 2. The summed E-state index contributed by atoms with van der Waals surface area (Å²) in [6, 6.07) is 1.55. The summed E-state index contributed by atoms with van der Waals surface area (Å²) in [4.78, 5) is 34.6. The van der Waals surface area contributed by atoms with Gasteiger partial charge in [0.05, 0.1) is 18.7 Å². The number of nitrogens with zero attached hydrogens (tertiary/aromatic N) is 3. The Hall–Kier alpha value is -2.42. The van der Waals surface area contributed by atoms with Crippen LogP contribution in [-0.4, -0.2) is 65.1 Å². The van der Waals surface area contributed by atoms with E-state index in [-0.39, 0.29) is 36.4 Å². The molecule has 0 spiro atoms. The fourth-order valence-corrected chi connectivity index (χ4v) is 3.68. The van der Waals surface area contributed by atoms with Crippen LogP contribution in [0.25, 0.3) is 0 Å². The first-order chi connectivity index (χ1) is 13.1. The summed E-state index contributed by atoms with van der Waals surface area (Å²) in [5.41, 5.74) is 5.74. The van der Waals surface area contributed by atoms with Crippen LogP contribution in [0.5, 0.6) is 0 Å². The lowest BCUT2D eigenvalue weighted by Gasteiger charge is -2.38. The number of piperazine rings is 1. The lowest BCUT2D eigenvalue weighted by molar-refractivity contribution is -0.143. The second-order valence-corrected chi connectivity index (χ2v) is 7.08. The van der Waals surface area contributed by atoms with E-state index < -0.39 is 0 Å². The molecule has 0 unspecified atom stereocenters. The van der Waals surface area contributed by atoms with Gasteiger partial charge in [-0.15, -0.1) is 0 Å². The zero-order valence-electron chi connectivity index (χ0n) is 15.7.